The molecule has 21 heavy (non-hydrogen) atoms. The summed E-state index contributed by atoms with van der Waals surface area (Å²) in [5.74, 6) is 0. The highest BCUT2D eigenvalue weighted by molar-refractivity contribution is 9.10. The Balaban J connectivity index is 2.08. The number of hydrogen-bond acceptors (Lipinski definition) is 4. The van der Waals surface area contributed by atoms with Crippen LogP contribution in [0.4, 0.5) is 0 Å². The third kappa shape index (κ3) is 4.26. The number of halogens is 1. The van der Waals surface area contributed by atoms with Crippen molar-refractivity contribution in [3.8, 4) is 0 Å². The minimum Gasteiger partial charge on any atom is -0.316 e. The Morgan fingerprint density at radius 3 is 2.76 bits per heavy atom. The van der Waals surface area contributed by atoms with Gasteiger partial charge in [-0.05, 0) is 67.1 Å². The van der Waals surface area contributed by atoms with E-state index >= 15 is 0 Å². The molecule has 2 rings (SSSR count). The fourth-order valence-electron chi connectivity index (χ4n) is 2.60. The molecule has 5 nitrogen and oxygen atoms in total. The molecule has 0 aromatic heterocycles. The van der Waals surface area contributed by atoms with Crippen LogP contribution < -0.4 is 10.0 Å². The van der Waals surface area contributed by atoms with Crippen LogP contribution >= 0.6 is 15.9 Å². The minimum absolute atomic E-state index is 0.294. The summed E-state index contributed by atoms with van der Waals surface area (Å²) in [7, 11) is 0.418. The summed E-state index contributed by atoms with van der Waals surface area (Å²) in [5.41, 5.74) is 1.04. The van der Waals surface area contributed by atoms with E-state index in [0.29, 0.717) is 28.5 Å². The first-order valence-electron chi connectivity index (χ1n) is 7.07. The molecule has 0 aliphatic carbocycles. The van der Waals surface area contributed by atoms with Crippen LogP contribution in [0.15, 0.2) is 27.6 Å². The van der Waals surface area contributed by atoms with E-state index in [4.69, 9.17) is 0 Å². The molecule has 0 bridgehead atoms. The van der Waals surface area contributed by atoms with Gasteiger partial charge < -0.3 is 10.2 Å². The van der Waals surface area contributed by atoms with Crippen molar-refractivity contribution < 1.29 is 8.42 Å². The Labute approximate surface area is 135 Å². The first-order valence-corrected chi connectivity index (χ1v) is 9.34. The summed E-state index contributed by atoms with van der Waals surface area (Å²) in [4.78, 5) is 2.50. The molecule has 0 saturated carbocycles. The van der Waals surface area contributed by atoms with Crippen LogP contribution in [0.3, 0.4) is 0 Å². The van der Waals surface area contributed by atoms with E-state index in [9.17, 15) is 8.42 Å². The molecule has 1 fully saturated rings. The summed E-state index contributed by atoms with van der Waals surface area (Å²) in [5, 5.41) is 3.05. The number of nitrogens with zero attached hydrogens (tertiary/aromatic N) is 1. The summed E-state index contributed by atoms with van der Waals surface area (Å²) in [6, 6.07) is 5.61. The van der Waals surface area contributed by atoms with Gasteiger partial charge in [-0.15, -0.1) is 0 Å². The van der Waals surface area contributed by atoms with E-state index < -0.39 is 10.0 Å². The van der Waals surface area contributed by atoms with Crippen molar-refractivity contribution in [2.45, 2.75) is 30.3 Å². The van der Waals surface area contributed by atoms with Gasteiger partial charge in [0.05, 0.1) is 4.90 Å². The van der Waals surface area contributed by atoms with E-state index in [2.05, 4.69) is 30.9 Å². The third-order valence-electron chi connectivity index (χ3n) is 3.85. The smallest absolute Gasteiger partial charge is 0.241 e. The molecular formula is C14H22BrN3O2S. The predicted molar refractivity (Wildman–Crippen MR) is 87.7 cm³/mol. The first-order chi connectivity index (χ1) is 9.94. The molecule has 1 saturated heterocycles. The zero-order valence-corrected chi connectivity index (χ0v) is 14.8. The third-order valence-corrected chi connectivity index (χ3v) is 6.25. The van der Waals surface area contributed by atoms with Crippen LogP contribution in [0.25, 0.3) is 0 Å². The highest BCUT2D eigenvalue weighted by Crippen LogP contribution is 2.23. The summed E-state index contributed by atoms with van der Waals surface area (Å²) < 4.78 is 28.1. The van der Waals surface area contributed by atoms with Gasteiger partial charge >= 0.3 is 0 Å². The maximum atomic E-state index is 12.4. The number of nitrogens with one attached hydrogen (secondary N) is 2. The monoisotopic (exact) mass is 375 g/mol. The number of likely N-dealkylation sites (N-methyl/N-ethyl adjacent to an activating group) is 1. The Morgan fingerprint density at radius 2 is 2.19 bits per heavy atom. The highest BCUT2D eigenvalue weighted by atomic mass is 79.9. The lowest BCUT2D eigenvalue weighted by atomic mass is 10.2. The predicted octanol–water partition coefficient (Wildman–Crippen LogP) is 1.54. The van der Waals surface area contributed by atoms with Gasteiger partial charge in [-0.1, -0.05) is 6.07 Å². The van der Waals surface area contributed by atoms with E-state index in [0.717, 1.165) is 24.9 Å². The normalized spacial score (nSPS) is 20.0. The SMILES string of the molecule is CNCc1ccc(S(=O)(=O)NCC2CCCN2C)c(Br)c1. The standard InChI is InChI=1S/C14H22BrN3O2S/c1-16-9-11-5-6-14(13(15)8-11)21(19,20)17-10-12-4-3-7-18(12)2/h5-6,8,12,16-17H,3-4,7,9-10H2,1-2H3. The van der Waals surface area contributed by atoms with E-state index in [1.165, 1.54) is 0 Å². The molecule has 7 heteroatoms. The Morgan fingerprint density at radius 1 is 1.43 bits per heavy atom. The molecule has 1 aromatic carbocycles. The lowest BCUT2D eigenvalue weighted by molar-refractivity contribution is 0.311. The topological polar surface area (TPSA) is 61.4 Å². The molecule has 0 radical (unpaired) electrons. The Hall–Kier alpha value is -0.470. The minimum atomic E-state index is -3.48. The van der Waals surface area contributed by atoms with E-state index in [-0.39, 0.29) is 0 Å². The number of hydrogen-bond donors (Lipinski definition) is 2. The molecule has 2 N–H and O–H groups in total. The zero-order valence-electron chi connectivity index (χ0n) is 12.4. The van der Waals surface area contributed by atoms with Crippen molar-refractivity contribution in [2.75, 3.05) is 27.2 Å². The average Bonchev–Trinajstić information content (AvgIpc) is 2.82. The lowest BCUT2D eigenvalue weighted by Crippen LogP contribution is -2.38. The van der Waals surface area contributed by atoms with Crippen LogP contribution in [-0.2, 0) is 16.6 Å². The second-order valence-corrected chi connectivity index (χ2v) is 8.01. The Kier molecular flexibility index (Phi) is 5.79. The van der Waals surface area contributed by atoms with Gasteiger partial charge in [-0.25, -0.2) is 13.1 Å². The fraction of sp³-hybridized carbons (Fsp3) is 0.571. The van der Waals surface area contributed by atoms with Gasteiger partial charge in [0.2, 0.25) is 10.0 Å². The molecule has 1 aromatic rings. The fourth-order valence-corrected chi connectivity index (χ4v) is 4.79. The molecule has 0 amide bonds. The number of likely N-dealkylation sites (tertiary alicyclic amines) is 1. The second kappa shape index (κ2) is 7.19. The van der Waals surface area contributed by atoms with E-state index in [1.807, 2.05) is 26.2 Å². The summed E-state index contributed by atoms with van der Waals surface area (Å²) in [6.07, 6.45) is 2.17. The van der Waals surface area contributed by atoms with Crippen molar-refractivity contribution in [3.63, 3.8) is 0 Å². The van der Waals surface area contributed by atoms with E-state index in [1.54, 1.807) is 6.07 Å². The summed E-state index contributed by atoms with van der Waals surface area (Å²) >= 11 is 3.36. The van der Waals surface area contributed by atoms with Crippen molar-refractivity contribution in [1.29, 1.82) is 0 Å². The molecule has 1 aliphatic heterocycles. The van der Waals surface area contributed by atoms with Crippen LogP contribution in [0.1, 0.15) is 18.4 Å². The Bertz CT molecular complexity index is 592. The van der Waals surface area contributed by atoms with Crippen molar-refractivity contribution in [3.05, 3.63) is 28.2 Å². The molecule has 1 unspecified atom stereocenters. The molecule has 0 spiro atoms. The number of sulfonamides is 1. The first kappa shape index (κ1) is 16.9. The van der Waals surface area contributed by atoms with Crippen molar-refractivity contribution in [2.24, 2.45) is 0 Å². The maximum absolute atomic E-state index is 12.4. The van der Waals surface area contributed by atoms with Crippen LogP contribution in [0.2, 0.25) is 0 Å². The van der Waals surface area contributed by atoms with Gasteiger partial charge in [0.1, 0.15) is 0 Å². The van der Waals surface area contributed by atoms with Crippen LogP contribution in [0, 0.1) is 0 Å². The molecular weight excluding hydrogens is 354 g/mol. The molecule has 1 heterocycles. The van der Waals surface area contributed by atoms with Gasteiger partial charge in [-0.3, -0.25) is 0 Å². The second-order valence-electron chi connectivity index (χ2n) is 5.42. The lowest BCUT2D eigenvalue weighted by Gasteiger charge is -2.20. The highest BCUT2D eigenvalue weighted by Gasteiger charge is 2.24. The maximum Gasteiger partial charge on any atom is 0.241 e. The van der Waals surface area contributed by atoms with Gasteiger partial charge in [-0.2, -0.15) is 0 Å². The largest absolute Gasteiger partial charge is 0.316 e. The number of benzene rings is 1. The van der Waals surface area contributed by atoms with Crippen molar-refractivity contribution in [1.82, 2.24) is 14.9 Å². The van der Waals surface area contributed by atoms with Crippen molar-refractivity contribution >= 4 is 26.0 Å². The molecule has 118 valence electrons. The zero-order chi connectivity index (χ0) is 15.5. The van der Waals surface area contributed by atoms with Gasteiger partial charge in [0.15, 0.2) is 0 Å². The quantitative estimate of drug-likeness (QED) is 0.791. The van der Waals surface area contributed by atoms with Gasteiger partial charge in [0, 0.05) is 23.6 Å². The van der Waals surface area contributed by atoms with Gasteiger partial charge in [0.25, 0.3) is 0 Å². The van der Waals surface area contributed by atoms with Crippen LogP contribution in [-0.4, -0.2) is 46.5 Å². The number of rotatable bonds is 6. The summed E-state index contributed by atoms with van der Waals surface area (Å²) in [6.45, 7) is 2.21. The molecule has 1 aliphatic rings. The molecule has 1 atom stereocenters. The average molecular weight is 376 g/mol. The van der Waals surface area contributed by atoms with Crippen LogP contribution in [0.5, 0.6) is 0 Å².